The fourth-order valence-corrected chi connectivity index (χ4v) is 5.10. The molecule has 0 unspecified atom stereocenters. The van der Waals surface area contributed by atoms with Gasteiger partial charge in [-0.3, -0.25) is 9.59 Å². The minimum absolute atomic E-state index is 0.0732. The zero-order chi connectivity index (χ0) is 23.7. The first-order valence-corrected chi connectivity index (χ1v) is 11.9. The first-order chi connectivity index (χ1) is 16.5. The van der Waals surface area contributed by atoms with Gasteiger partial charge in [0.2, 0.25) is 0 Å². The average molecular weight is 469 g/mol. The summed E-state index contributed by atoms with van der Waals surface area (Å²) < 4.78 is 5.31. The molecule has 34 heavy (non-hydrogen) atoms. The van der Waals surface area contributed by atoms with Crippen molar-refractivity contribution in [2.75, 3.05) is 4.90 Å². The van der Waals surface area contributed by atoms with E-state index in [1.807, 2.05) is 49.4 Å². The summed E-state index contributed by atoms with van der Waals surface area (Å²) in [5.74, 6) is 0.391. The van der Waals surface area contributed by atoms with Crippen molar-refractivity contribution in [2.45, 2.75) is 36.7 Å². The van der Waals surface area contributed by atoms with Crippen molar-refractivity contribution in [1.82, 2.24) is 5.32 Å². The zero-order valence-electron chi connectivity index (χ0n) is 19.0. The van der Waals surface area contributed by atoms with Gasteiger partial charge in [-0.15, -0.1) is 0 Å². The van der Waals surface area contributed by atoms with E-state index in [1.54, 1.807) is 35.1 Å². The first-order valence-electron chi connectivity index (χ1n) is 11.1. The number of carbonyl (C=O) groups excluding carboxylic acids is 2. The van der Waals surface area contributed by atoms with Crippen LogP contribution in [-0.2, 0) is 13.1 Å². The van der Waals surface area contributed by atoms with Crippen molar-refractivity contribution >= 4 is 29.3 Å². The number of hydrogen-bond donors (Lipinski definition) is 1. The normalized spacial score (nSPS) is 12.6. The maximum Gasteiger partial charge on any atom is 0.259 e. The number of amides is 2. The predicted molar refractivity (Wildman–Crippen MR) is 133 cm³/mol. The molecule has 2 amide bonds. The molecular formula is C28H24N2O3S. The third-order valence-electron chi connectivity index (χ3n) is 5.93. The Balaban J connectivity index is 1.54. The van der Waals surface area contributed by atoms with Gasteiger partial charge in [0.25, 0.3) is 11.8 Å². The van der Waals surface area contributed by atoms with E-state index in [1.165, 1.54) is 0 Å². The van der Waals surface area contributed by atoms with Crippen molar-refractivity contribution in [2.24, 2.45) is 0 Å². The van der Waals surface area contributed by atoms with Crippen LogP contribution in [0.4, 0.5) is 5.69 Å². The van der Waals surface area contributed by atoms with Gasteiger partial charge in [-0.05, 0) is 67.4 Å². The van der Waals surface area contributed by atoms with Crippen molar-refractivity contribution in [3.8, 4) is 0 Å². The third-order valence-corrected chi connectivity index (χ3v) is 7.07. The molecule has 4 aromatic rings. The van der Waals surface area contributed by atoms with Crippen LogP contribution in [0.5, 0.6) is 0 Å². The van der Waals surface area contributed by atoms with Crippen molar-refractivity contribution in [3.05, 3.63) is 113 Å². The minimum atomic E-state index is -0.218. The van der Waals surface area contributed by atoms with E-state index in [9.17, 15) is 9.59 Å². The molecule has 0 bridgehead atoms. The van der Waals surface area contributed by atoms with Crippen LogP contribution in [-0.4, -0.2) is 11.8 Å². The number of rotatable bonds is 5. The lowest BCUT2D eigenvalue weighted by molar-refractivity contribution is 0.0945. The van der Waals surface area contributed by atoms with Crippen LogP contribution in [0.15, 0.2) is 93.3 Å². The smallest absolute Gasteiger partial charge is 0.259 e. The molecule has 0 spiro atoms. The highest BCUT2D eigenvalue weighted by Crippen LogP contribution is 2.42. The lowest BCUT2D eigenvalue weighted by atomic mass is 10.0. The summed E-state index contributed by atoms with van der Waals surface area (Å²) >= 11 is 1.55. The minimum Gasteiger partial charge on any atom is -0.467 e. The molecule has 1 aliphatic rings. The molecule has 0 saturated carbocycles. The lowest BCUT2D eigenvalue weighted by Gasteiger charge is -2.25. The van der Waals surface area contributed by atoms with Gasteiger partial charge in [0.1, 0.15) is 5.76 Å². The van der Waals surface area contributed by atoms with Crippen LogP contribution in [0.25, 0.3) is 0 Å². The summed E-state index contributed by atoms with van der Waals surface area (Å²) in [5.41, 5.74) is 5.24. The number of furan rings is 1. The second kappa shape index (κ2) is 9.23. The van der Waals surface area contributed by atoms with Gasteiger partial charge in [0, 0.05) is 15.4 Å². The molecular weight excluding hydrogens is 444 g/mol. The Morgan fingerprint density at radius 2 is 1.82 bits per heavy atom. The number of aryl methyl sites for hydroxylation is 2. The summed E-state index contributed by atoms with van der Waals surface area (Å²) in [5, 5.41) is 2.89. The van der Waals surface area contributed by atoms with E-state index >= 15 is 0 Å². The van der Waals surface area contributed by atoms with Crippen molar-refractivity contribution in [1.29, 1.82) is 0 Å². The Bertz CT molecular complexity index is 1380. The topological polar surface area (TPSA) is 62.6 Å². The molecule has 1 N–H and O–H groups in total. The van der Waals surface area contributed by atoms with Gasteiger partial charge in [-0.25, -0.2) is 0 Å². The fraction of sp³-hybridized carbons (Fsp3) is 0.143. The molecule has 0 aliphatic carbocycles. The second-order valence-corrected chi connectivity index (χ2v) is 9.45. The number of nitrogens with one attached hydrogen (secondary N) is 1. The predicted octanol–water partition coefficient (Wildman–Crippen LogP) is 6.14. The molecule has 2 heterocycles. The number of nitrogens with zero attached hydrogens (tertiary/aromatic N) is 1. The van der Waals surface area contributed by atoms with E-state index in [4.69, 9.17) is 4.42 Å². The number of hydrogen-bond acceptors (Lipinski definition) is 4. The maximum atomic E-state index is 13.8. The van der Waals surface area contributed by atoms with Gasteiger partial charge in [0.05, 0.1) is 30.6 Å². The molecule has 0 atom stereocenters. The highest BCUT2D eigenvalue weighted by molar-refractivity contribution is 7.99. The number of anilines is 1. The number of carbonyl (C=O) groups is 2. The van der Waals surface area contributed by atoms with E-state index < -0.39 is 0 Å². The quantitative estimate of drug-likeness (QED) is 0.382. The van der Waals surface area contributed by atoms with Gasteiger partial charge in [0.15, 0.2) is 0 Å². The Kier molecular flexibility index (Phi) is 5.99. The number of benzene rings is 3. The molecule has 5 rings (SSSR count). The fourth-order valence-electron chi connectivity index (χ4n) is 4.04. The van der Waals surface area contributed by atoms with Gasteiger partial charge < -0.3 is 14.6 Å². The largest absolute Gasteiger partial charge is 0.467 e. The monoisotopic (exact) mass is 468 g/mol. The first kappa shape index (κ1) is 22.0. The Morgan fingerprint density at radius 1 is 0.971 bits per heavy atom. The van der Waals surface area contributed by atoms with Gasteiger partial charge >= 0.3 is 0 Å². The summed E-state index contributed by atoms with van der Waals surface area (Å²) in [6, 6.07) is 23.1. The molecule has 1 aliphatic heterocycles. The standard InChI is InChI=1S/C28H24N2O3S/c1-18-9-10-19(2)21(14-18)17-30-24-15-20(27(31)29-16-22-6-5-13-33-22)11-12-26(24)34-25-8-4-3-7-23(25)28(30)32/h3-15H,16-17H2,1-2H3,(H,29,31). The molecule has 0 saturated heterocycles. The zero-order valence-corrected chi connectivity index (χ0v) is 19.8. The van der Waals surface area contributed by atoms with E-state index in [-0.39, 0.29) is 11.8 Å². The van der Waals surface area contributed by atoms with E-state index in [0.29, 0.717) is 30.0 Å². The molecule has 3 aromatic carbocycles. The summed E-state index contributed by atoms with van der Waals surface area (Å²) in [4.78, 5) is 30.3. The highest BCUT2D eigenvalue weighted by atomic mass is 32.2. The second-order valence-electron chi connectivity index (χ2n) is 8.36. The number of fused-ring (bicyclic) bond motifs is 2. The van der Waals surface area contributed by atoms with Crippen LogP contribution >= 0.6 is 11.8 Å². The highest BCUT2D eigenvalue weighted by Gasteiger charge is 2.28. The Hall–Kier alpha value is -3.77. The summed E-state index contributed by atoms with van der Waals surface area (Å²) in [6.45, 7) is 4.83. The van der Waals surface area contributed by atoms with Crippen LogP contribution in [0, 0.1) is 13.8 Å². The molecule has 1 aromatic heterocycles. The summed E-state index contributed by atoms with van der Waals surface area (Å²) in [6.07, 6.45) is 1.58. The van der Waals surface area contributed by atoms with Crippen molar-refractivity contribution in [3.63, 3.8) is 0 Å². The van der Waals surface area contributed by atoms with Gasteiger partial charge in [-0.1, -0.05) is 47.7 Å². The molecule has 0 radical (unpaired) electrons. The van der Waals surface area contributed by atoms with E-state index in [0.717, 1.165) is 32.2 Å². The van der Waals surface area contributed by atoms with E-state index in [2.05, 4.69) is 30.4 Å². The Morgan fingerprint density at radius 3 is 2.65 bits per heavy atom. The lowest BCUT2D eigenvalue weighted by Crippen LogP contribution is -2.31. The van der Waals surface area contributed by atoms with Gasteiger partial charge in [-0.2, -0.15) is 0 Å². The molecule has 6 heteroatoms. The molecule has 170 valence electrons. The SMILES string of the molecule is Cc1ccc(C)c(CN2C(=O)c3ccccc3Sc3ccc(C(=O)NCc4ccco4)cc32)c1. The molecule has 0 fully saturated rings. The van der Waals surface area contributed by atoms with Crippen LogP contribution in [0.3, 0.4) is 0 Å². The molecule has 5 nitrogen and oxygen atoms in total. The third kappa shape index (κ3) is 4.37. The van der Waals surface area contributed by atoms with Crippen LogP contribution in [0.2, 0.25) is 0 Å². The van der Waals surface area contributed by atoms with Crippen molar-refractivity contribution < 1.29 is 14.0 Å². The average Bonchev–Trinajstić information content (AvgIpc) is 3.33. The summed E-state index contributed by atoms with van der Waals surface area (Å²) in [7, 11) is 0. The maximum absolute atomic E-state index is 13.8. The Labute approximate surface area is 202 Å². The van der Waals surface area contributed by atoms with Crippen LogP contribution in [0.1, 0.15) is 43.2 Å². The van der Waals surface area contributed by atoms with Crippen LogP contribution < -0.4 is 10.2 Å².